The molecule has 2 aromatic carbocycles. The van der Waals surface area contributed by atoms with Crippen molar-refractivity contribution in [1.29, 1.82) is 0 Å². The van der Waals surface area contributed by atoms with E-state index in [1.165, 1.54) is 12.1 Å². The Morgan fingerprint density at radius 3 is 2.33 bits per heavy atom. The van der Waals surface area contributed by atoms with Crippen molar-refractivity contribution in [2.45, 2.75) is 19.7 Å². The second-order valence-electron chi connectivity index (χ2n) is 4.61. The van der Waals surface area contributed by atoms with Gasteiger partial charge in [0, 0.05) is 25.2 Å². The van der Waals surface area contributed by atoms with Crippen LogP contribution in [0.2, 0.25) is 5.02 Å². The standard InChI is InChI=1S/C15H15ClN2O3/c16-15-7-14(18(20)21)6-5-13(15)9-17-8-11-1-3-12(10-19)4-2-11/h1-7,17,19H,8-10H2. The summed E-state index contributed by atoms with van der Waals surface area (Å²) in [5, 5.41) is 23.2. The van der Waals surface area contributed by atoms with E-state index in [0.29, 0.717) is 18.1 Å². The van der Waals surface area contributed by atoms with Crippen molar-refractivity contribution in [1.82, 2.24) is 5.32 Å². The van der Waals surface area contributed by atoms with Crippen molar-refractivity contribution >= 4 is 17.3 Å². The van der Waals surface area contributed by atoms with Crippen LogP contribution >= 0.6 is 11.6 Å². The first-order chi connectivity index (χ1) is 10.1. The number of nitro groups is 1. The molecule has 0 radical (unpaired) electrons. The minimum atomic E-state index is -0.466. The summed E-state index contributed by atoms with van der Waals surface area (Å²) < 4.78 is 0. The molecule has 0 aromatic heterocycles. The number of halogens is 1. The minimum absolute atomic E-state index is 0.0108. The molecule has 6 heteroatoms. The highest BCUT2D eigenvalue weighted by atomic mass is 35.5. The van der Waals surface area contributed by atoms with Crippen molar-refractivity contribution in [2.24, 2.45) is 0 Å². The Bertz CT molecular complexity index is 629. The van der Waals surface area contributed by atoms with E-state index in [2.05, 4.69) is 5.32 Å². The molecule has 2 rings (SSSR count). The normalized spacial score (nSPS) is 10.6. The van der Waals surface area contributed by atoms with Gasteiger partial charge in [-0.2, -0.15) is 0 Å². The maximum atomic E-state index is 10.6. The van der Waals surface area contributed by atoms with Crippen LogP contribution in [0.15, 0.2) is 42.5 Å². The molecule has 110 valence electrons. The van der Waals surface area contributed by atoms with Crippen LogP contribution in [-0.2, 0) is 19.7 Å². The van der Waals surface area contributed by atoms with E-state index in [1.54, 1.807) is 6.07 Å². The Labute approximate surface area is 127 Å². The number of aliphatic hydroxyl groups is 1. The van der Waals surface area contributed by atoms with Gasteiger partial charge in [-0.15, -0.1) is 0 Å². The summed E-state index contributed by atoms with van der Waals surface area (Å²) >= 11 is 6.02. The Hall–Kier alpha value is -1.95. The first-order valence-corrected chi connectivity index (χ1v) is 6.80. The number of hydrogen-bond acceptors (Lipinski definition) is 4. The summed E-state index contributed by atoms with van der Waals surface area (Å²) in [7, 11) is 0. The molecule has 0 aliphatic heterocycles. The quantitative estimate of drug-likeness (QED) is 0.635. The smallest absolute Gasteiger partial charge is 0.270 e. The number of benzene rings is 2. The fourth-order valence-electron chi connectivity index (χ4n) is 1.90. The van der Waals surface area contributed by atoms with Gasteiger partial charge in [0.1, 0.15) is 0 Å². The van der Waals surface area contributed by atoms with Gasteiger partial charge in [-0.05, 0) is 22.8 Å². The van der Waals surface area contributed by atoms with E-state index in [4.69, 9.17) is 16.7 Å². The zero-order valence-electron chi connectivity index (χ0n) is 11.3. The fraction of sp³-hybridized carbons (Fsp3) is 0.200. The van der Waals surface area contributed by atoms with Crippen LogP contribution in [0.4, 0.5) is 5.69 Å². The molecule has 0 aliphatic rings. The van der Waals surface area contributed by atoms with Gasteiger partial charge >= 0.3 is 0 Å². The van der Waals surface area contributed by atoms with Crippen molar-refractivity contribution in [3.63, 3.8) is 0 Å². The van der Waals surface area contributed by atoms with E-state index in [0.717, 1.165) is 16.7 Å². The monoisotopic (exact) mass is 306 g/mol. The van der Waals surface area contributed by atoms with Gasteiger partial charge in [0.2, 0.25) is 0 Å². The number of nitro benzene ring substituents is 1. The highest BCUT2D eigenvalue weighted by Gasteiger charge is 2.08. The van der Waals surface area contributed by atoms with Crippen molar-refractivity contribution in [3.8, 4) is 0 Å². The van der Waals surface area contributed by atoms with Crippen LogP contribution in [-0.4, -0.2) is 10.0 Å². The molecule has 0 unspecified atom stereocenters. The molecule has 0 saturated heterocycles. The molecule has 0 saturated carbocycles. The predicted molar refractivity (Wildman–Crippen MR) is 81.0 cm³/mol. The average molecular weight is 307 g/mol. The Kier molecular flexibility index (Phi) is 5.27. The number of nitrogens with one attached hydrogen (secondary N) is 1. The molecule has 0 bridgehead atoms. The van der Waals surface area contributed by atoms with Gasteiger partial charge in [0.15, 0.2) is 0 Å². The van der Waals surface area contributed by atoms with E-state index >= 15 is 0 Å². The van der Waals surface area contributed by atoms with Gasteiger partial charge in [-0.1, -0.05) is 35.9 Å². The molecule has 0 aliphatic carbocycles. The lowest BCUT2D eigenvalue weighted by Crippen LogP contribution is -2.13. The van der Waals surface area contributed by atoms with Crippen molar-refractivity contribution in [2.75, 3.05) is 0 Å². The average Bonchev–Trinajstić information content (AvgIpc) is 2.49. The Morgan fingerprint density at radius 2 is 1.76 bits per heavy atom. The van der Waals surface area contributed by atoms with Crippen LogP contribution in [0.3, 0.4) is 0 Å². The molecular formula is C15H15ClN2O3. The van der Waals surface area contributed by atoms with Crippen molar-refractivity contribution in [3.05, 3.63) is 74.3 Å². The highest BCUT2D eigenvalue weighted by molar-refractivity contribution is 6.31. The van der Waals surface area contributed by atoms with Crippen LogP contribution in [0.5, 0.6) is 0 Å². The number of rotatable bonds is 6. The van der Waals surface area contributed by atoms with Crippen LogP contribution < -0.4 is 5.32 Å². The second kappa shape index (κ2) is 7.17. The fourth-order valence-corrected chi connectivity index (χ4v) is 2.14. The third-order valence-corrected chi connectivity index (χ3v) is 3.45. The lowest BCUT2D eigenvalue weighted by molar-refractivity contribution is -0.384. The number of non-ortho nitro benzene ring substituents is 1. The molecular weight excluding hydrogens is 292 g/mol. The Morgan fingerprint density at radius 1 is 1.10 bits per heavy atom. The molecule has 0 amide bonds. The van der Waals surface area contributed by atoms with E-state index < -0.39 is 4.92 Å². The molecule has 5 nitrogen and oxygen atoms in total. The van der Waals surface area contributed by atoms with Gasteiger partial charge in [-0.3, -0.25) is 10.1 Å². The Balaban J connectivity index is 1.92. The number of nitrogens with zero attached hydrogens (tertiary/aromatic N) is 1. The highest BCUT2D eigenvalue weighted by Crippen LogP contribution is 2.22. The third-order valence-electron chi connectivity index (χ3n) is 3.10. The maximum absolute atomic E-state index is 10.6. The van der Waals surface area contributed by atoms with E-state index in [9.17, 15) is 10.1 Å². The summed E-state index contributed by atoms with van der Waals surface area (Å²) in [6.45, 7) is 1.21. The molecule has 2 N–H and O–H groups in total. The van der Waals surface area contributed by atoms with Crippen LogP contribution in [0.1, 0.15) is 16.7 Å². The maximum Gasteiger partial charge on any atom is 0.270 e. The number of hydrogen-bond donors (Lipinski definition) is 2. The lowest BCUT2D eigenvalue weighted by Gasteiger charge is -2.07. The molecule has 0 fully saturated rings. The third kappa shape index (κ3) is 4.26. The van der Waals surface area contributed by atoms with Gasteiger partial charge in [0.25, 0.3) is 5.69 Å². The molecule has 21 heavy (non-hydrogen) atoms. The zero-order chi connectivity index (χ0) is 15.2. The summed E-state index contributed by atoms with van der Waals surface area (Å²) in [6, 6.07) is 12.1. The SMILES string of the molecule is O=[N+]([O-])c1ccc(CNCc2ccc(CO)cc2)c(Cl)c1. The van der Waals surface area contributed by atoms with Gasteiger partial charge in [0.05, 0.1) is 16.6 Å². The van der Waals surface area contributed by atoms with E-state index in [-0.39, 0.29) is 12.3 Å². The lowest BCUT2D eigenvalue weighted by atomic mass is 10.1. The molecule has 2 aromatic rings. The van der Waals surface area contributed by atoms with Crippen LogP contribution in [0, 0.1) is 10.1 Å². The summed E-state index contributed by atoms with van der Waals surface area (Å²) in [5.74, 6) is 0. The minimum Gasteiger partial charge on any atom is -0.392 e. The largest absolute Gasteiger partial charge is 0.392 e. The summed E-state index contributed by atoms with van der Waals surface area (Å²) in [5.41, 5.74) is 2.76. The predicted octanol–water partition coefficient (Wildman–Crippen LogP) is 3.03. The van der Waals surface area contributed by atoms with Crippen molar-refractivity contribution < 1.29 is 10.0 Å². The summed E-state index contributed by atoms with van der Waals surface area (Å²) in [6.07, 6.45) is 0. The van der Waals surface area contributed by atoms with Gasteiger partial charge < -0.3 is 10.4 Å². The molecule has 0 heterocycles. The second-order valence-corrected chi connectivity index (χ2v) is 5.02. The van der Waals surface area contributed by atoms with Gasteiger partial charge in [-0.25, -0.2) is 0 Å². The zero-order valence-corrected chi connectivity index (χ0v) is 12.0. The van der Waals surface area contributed by atoms with Crippen LogP contribution in [0.25, 0.3) is 0 Å². The topological polar surface area (TPSA) is 75.4 Å². The molecule has 0 atom stereocenters. The first-order valence-electron chi connectivity index (χ1n) is 6.42. The summed E-state index contributed by atoms with van der Waals surface area (Å²) in [4.78, 5) is 10.2. The van der Waals surface area contributed by atoms with E-state index in [1.807, 2.05) is 24.3 Å². The first kappa shape index (κ1) is 15.4. The number of aliphatic hydroxyl groups excluding tert-OH is 1. The molecule has 0 spiro atoms.